The van der Waals surface area contributed by atoms with Crippen molar-refractivity contribution in [2.45, 2.75) is 25.9 Å². The fourth-order valence-electron chi connectivity index (χ4n) is 1.79. The third kappa shape index (κ3) is 3.49. The number of nitrogens with one attached hydrogen (secondary N) is 1. The summed E-state index contributed by atoms with van der Waals surface area (Å²) in [4.78, 5) is 0. The molecule has 7 heteroatoms. The Balaban J connectivity index is 2.05. The molecule has 0 saturated heterocycles. The van der Waals surface area contributed by atoms with E-state index in [-0.39, 0.29) is 6.04 Å². The van der Waals surface area contributed by atoms with Gasteiger partial charge in [-0.1, -0.05) is 6.07 Å². The quantitative estimate of drug-likeness (QED) is 0.852. The summed E-state index contributed by atoms with van der Waals surface area (Å²) in [6.07, 6.45) is 0.354. The van der Waals surface area contributed by atoms with Gasteiger partial charge < -0.3 is 5.32 Å². The largest absolute Gasteiger partial charge is 0.376 e. The number of aromatic nitrogens is 2. The lowest BCUT2D eigenvalue weighted by molar-refractivity contribution is 0.122. The van der Waals surface area contributed by atoms with Crippen molar-refractivity contribution in [3.05, 3.63) is 47.8 Å². The van der Waals surface area contributed by atoms with E-state index in [0.29, 0.717) is 11.3 Å². The molecule has 20 heavy (non-hydrogen) atoms. The minimum Gasteiger partial charge on any atom is -0.376 e. The highest BCUT2D eigenvalue weighted by Gasteiger charge is 2.11. The maximum atomic E-state index is 13.1. The first-order valence-electron chi connectivity index (χ1n) is 5.98. The Morgan fingerprint density at radius 1 is 1.25 bits per heavy atom. The van der Waals surface area contributed by atoms with Gasteiger partial charge in [0.15, 0.2) is 11.6 Å². The fourth-order valence-corrected chi connectivity index (χ4v) is 1.79. The van der Waals surface area contributed by atoms with Gasteiger partial charge >= 0.3 is 0 Å². The van der Waals surface area contributed by atoms with Crippen LogP contribution in [0.15, 0.2) is 30.6 Å². The molecule has 1 N–H and O–H groups in total. The van der Waals surface area contributed by atoms with Crippen molar-refractivity contribution in [2.75, 3.05) is 5.32 Å². The fraction of sp³-hybridized carbons (Fsp3) is 0.308. The molecule has 0 aliphatic carbocycles. The predicted molar refractivity (Wildman–Crippen MR) is 66.6 cm³/mol. The summed E-state index contributed by atoms with van der Waals surface area (Å²) >= 11 is 0. The summed E-state index contributed by atoms with van der Waals surface area (Å²) in [6, 6.07) is 3.29. The molecule has 1 aromatic carbocycles. The standard InChI is InChI=1S/C13H13F4N3/c1-8(9-2-3-11(14)12(15)4-9)19-10-5-18-20(6-10)7-13(16)17/h2-6,8,13,19H,7H2,1H3. The van der Waals surface area contributed by atoms with Gasteiger partial charge in [0.25, 0.3) is 6.43 Å². The van der Waals surface area contributed by atoms with E-state index in [0.717, 1.165) is 16.8 Å². The average molecular weight is 287 g/mol. The molecule has 0 saturated carbocycles. The number of anilines is 1. The topological polar surface area (TPSA) is 29.9 Å². The zero-order valence-electron chi connectivity index (χ0n) is 10.7. The predicted octanol–water partition coefficient (Wildman–Crippen LogP) is 3.60. The molecule has 108 valence electrons. The monoisotopic (exact) mass is 287 g/mol. The summed E-state index contributed by atoms with van der Waals surface area (Å²) in [5, 5.41) is 6.76. The van der Waals surface area contributed by atoms with Gasteiger partial charge in [0.2, 0.25) is 0 Å². The van der Waals surface area contributed by atoms with E-state index in [1.54, 1.807) is 6.92 Å². The molecule has 0 fully saturated rings. The van der Waals surface area contributed by atoms with Crippen molar-refractivity contribution in [3.63, 3.8) is 0 Å². The number of hydrogen-bond acceptors (Lipinski definition) is 2. The second kappa shape index (κ2) is 5.94. The Hall–Kier alpha value is -2.05. The molecule has 0 bridgehead atoms. The smallest absolute Gasteiger partial charge is 0.257 e. The van der Waals surface area contributed by atoms with Gasteiger partial charge in [0.05, 0.1) is 11.9 Å². The van der Waals surface area contributed by atoms with Crippen LogP contribution in [-0.2, 0) is 6.54 Å². The SMILES string of the molecule is CC(Nc1cnn(CC(F)F)c1)c1ccc(F)c(F)c1. The van der Waals surface area contributed by atoms with Crippen LogP contribution in [0.1, 0.15) is 18.5 Å². The molecule has 0 amide bonds. The third-order valence-electron chi connectivity index (χ3n) is 2.79. The van der Waals surface area contributed by atoms with Crippen molar-refractivity contribution in [3.8, 4) is 0 Å². The minimum atomic E-state index is -2.48. The van der Waals surface area contributed by atoms with Crippen LogP contribution in [0.4, 0.5) is 23.2 Å². The van der Waals surface area contributed by atoms with Gasteiger partial charge in [-0.05, 0) is 24.6 Å². The molecule has 0 spiro atoms. The van der Waals surface area contributed by atoms with Crippen LogP contribution in [-0.4, -0.2) is 16.2 Å². The van der Waals surface area contributed by atoms with Crippen molar-refractivity contribution >= 4 is 5.69 Å². The van der Waals surface area contributed by atoms with Gasteiger partial charge in [-0.3, -0.25) is 4.68 Å². The number of halogens is 4. The van der Waals surface area contributed by atoms with Crippen molar-refractivity contribution in [2.24, 2.45) is 0 Å². The van der Waals surface area contributed by atoms with E-state index in [9.17, 15) is 17.6 Å². The summed E-state index contributed by atoms with van der Waals surface area (Å²) < 4.78 is 51.4. The van der Waals surface area contributed by atoms with Gasteiger partial charge in [-0.25, -0.2) is 17.6 Å². The van der Waals surface area contributed by atoms with E-state index in [4.69, 9.17) is 0 Å². The van der Waals surface area contributed by atoms with Crippen molar-refractivity contribution < 1.29 is 17.6 Å². The molecule has 1 unspecified atom stereocenters. The first-order chi connectivity index (χ1) is 9.45. The van der Waals surface area contributed by atoms with Gasteiger partial charge in [0.1, 0.15) is 6.54 Å². The molecule has 0 aliphatic rings. The molecule has 2 rings (SSSR count). The Morgan fingerprint density at radius 3 is 2.65 bits per heavy atom. The zero-order valence-corrected chi connectivity index (χ0v) is 10.7. The van der Waals surface area contributed by atoms with Crippen LogP contribution in [0.3, 0.4) is 0 Å². The summed E-state index contributed by atoms with van der Waals surface area (Å²) in [6.45, 7) is 1.26. The number of rotatable bonds is 5. The number of nitrogens with zero attached hydrogens (tertiary/aromatic N) is 2. The molecule has 0 radical (unpaired) electrons. The van der Waals surface area contributed by atoms with Crippen LogP contribution in [0, 0.1) is 11.6 Å². The maximum absolute atomic E-state index is 13.1. The summed E-state index contributed by atoms with van der Waals surface area (Å²) in [5.74, 6) is -1.84. The second-order valence-electron chi connectivity index (χ2n) is 4.38. The highest BCUT2D eigenvalue weighted by atomic mass is 19.3. The summed E-state index contributed by atoms with van der Waals surface area (Å²) in [7, 11) is 0. The molecular weight excluding hydrogens is 274 g/mol. The molecule has 1 atom stereocenters. The van der Waals surface area contributed by atoms with Gasteiger partial charge in [-0.15, -0.1) is 0 Å². The molecular formula is C13H13F4N3. The Morgan fingerprint density at radius 2 is 2.00 bits per heavy atom. The maximum Gasteiger partial charge on any atom is 0.257 e. The third-order valence-corrected chi connectivity index (χ3v) is 2.79. The van der Waals surface area contributed by atoms with Crippen molar-refractivity contribution in [1.82, 2.24) is 9.78 Å². The van der Waals surface area contributed by atoms with Crippen LogP contribution < -0.4 is 5.32 Å². The lowest BCUT2D eigenvalue weighted by Crippen LogP contribution is -2.08. The summed E-state index contributed by atoms with van der Waals surface area (Å²) in [5.41, 5.74) is 1.08. The molecule has 2 aromatic rings. The highest BCUT2D eigenvalue weighted by molar-refractivity contribution is 5.41. The van der Waals surface area contributed by atoms with E-state index in [1.165, 1.54) is 18.5 Å². The minimum absolute atomic E-state index is 0.311. The first kappa shape index (κ1) is 14.4. The lowest BCUT2D eigenvalue weighted by atomic mass is 10.1. The van der Waals surface area contributed by atoms with Gasteiger partial charge in [-0.2, -0.15) is 5.10 Å². The molecule has 0 aliphatic heterocycles. The second-order valence-corrected chi connectivity index (χ2v) is 4.38. The zero-order chi connectivity index (χ0) is 14.7. The van der Waals surface area contributed by atoms with E-state index >= 15 is 0 Å². The molecule has 1 aromatic heterocycles. The van der Waals surface area contributed by atoms with Crippen LogP contribution in [0.25, 0.3) is 0 Å². The molecule has 3 nitrogen and oxygen atoms in total. The number of hydrogen-bond donors (Lipinski definition) is 1. The van der Waals surface area contributed by atoms with E-state index in [2.05, 4.69) is 10.4 Å². The Labute approximate surface area is 113 Å². The van der Waals surface area contributed by atoms with Crippen LogP contribution >= 0.6 is 0 Å². The van der Waals surface area contributed by atoms with Crippen LogP contribution in [0.2, 0.25) is 0 Å². The lowest BCUT2D eigenvalue weighted by Gasteiger charge is -2.14. The van der Waals surface area contributed by atoms with E-state index < -0.39 is 24.6 Å². The van der Waals surface area contributed by atoms with Crippen LogP contribution in [0.5, 0.6) is 0 Å². The van der Waals surface area contributed by atoms with Gasteiger partial charge in [0, 0.05) is 12.2 Å². The van der Waals surface area contributed by atoms with Crippen molar-refractivity contribution in [1.29, 1.82) is 0 Å². The Kier molecular flexibility index (Phi) is 4.26. The number of benzene rings is 1. The normalized spacial score (nSPS) is 12.7. The average Bonchev–Trinajstić information content (AvgIpc) is 2.79. The van der Waals surface area contributed by atoms with E-state index in [1.807, 2.05) is 0 Å². The Bertz CT molecular complexity index is 583. The highest BCUT2D eigenvalue weighted by Crippen LogP contribution is 2.20. The molecule has 1 heterocycles. The first-order valence-corrected chi connectivity index (χ1v) is 5.98. The number of alkyl halides is 2.